The molecule has 1 heteroatoms. The van der Waals surface area contributed by atoms with Crippen molar-refractivity contribution in [3.8, 4) is 0 Å². The molecule has 0 unspecified atom stereocenters. The summed E-state index contributed by atoms with van der Waals surface area (Å²) in [6.07, 6.45) is 0. The molecule has 0 amide bonds. The van der Waals surface area contributed by atoms with Crippen molar-refractivity contribution in [2.24, 2.45) is 0 Å². The van der Waals surface area contributed by atoms with Crippen molar-refractivity contribution in [2.45, 2.75) is 20.8 Å². The number of Topliss-reactive ketones (excluding diaryl/α,β-unsaturated/α-hetero) is 1. The van der Waals surface area contributed by atoms with Gasteiger partial charge in [0.25, 0.3) is 0 Å². The Kier molecular flexibility index (Phi) is 2.31. The first kappa shape index (κ1) is 9.91. The van der Waals surface area contributed by atoms with Crippen LogP contribution in [0.25, 0.3) is 10.8 Å². The van der Waals surface area contributed by atoms with Gasteiger partial charge in [0.2, 0.25) is 0 Å². The van der Waals surface area contributed by atoms with E-state index in [1.165, 1.54) is 16.3 Å². The molecule has 0 fully saturated rings. The zero-order valence-corrected chi connectivity index (χ0v) is 9.29. The average molecular weight is 198 g/mol. The number of rotatable bonds is 1. The summed E-state index contributed by atoms with van der Waals surface area (Å²) in [5, 5.41) is 2.42. The van der Waals surface area contributed by atoms with E-state index in [-0.39, 0.29) is 5.78 Å². The first-order valence-electron chi connectivity index (χ1n) is 5.11. The summed E-state index contributed by atoms with van der Waals surface area (Å²) >= 11 is 0. The Morgan fingerprint density at radius 2 is 1.80 bits per heavy atom. The maximum absolute atomic E-state index is 11.4. The van der Waals surface area contributed by atoms with Gasteiger partial charge in [-0.15, -0.1) is 0 Å². The Balaban J connectivity index is 2.89. The molecule has 0 bridgehead atoms. The minimum absolute atomic E-state index is 0.137. The van der Waals surface area contributed by atoms with Crippen LogP contribution in [0.15, 0.2) is 30.3 Å². The van der Waals surface area contributed by atoms with Crippen molar-refractivity contribution >= 4 is 16.6 Å². The fourth-order valence-electron chi connectivity index (χ4n) is 2.16. The molecule has 0 saturated heterocycles. The molecule has 0 N–H and O–H groups in total. The fraction of sp³-hybridized carbons (Fsp3) is 0.214. The zero-order chi connectivity index (χ0) is 11.0. The number of hydrogen-bond acceptors (Lipinski definition) is 1. The lowest BCUT2D eigenvalue weighted by Gasteiger charge is -2.09. The molecular weight excluding hydrogens is 184 g/mol. The summed E-state index contributed by atoms with van der Waals surface area (Å²) in [4.78, 5) is 11.4. The second kappa shape index (κ2) is 3.50. The molecule has 0 aromatic heterocycles. The fourth-order valence-corrected chi connectivity index (χ4v) is 2.16. The minimum atomic E-state index is 0.137. The summed E-state index contributed by atoms with van der Waals surface area (Å²) in [5.41, 5.74) is 3.16. The van der Waals surface area contributed by atoms with E-state index in [4.69, 9.17) is 0 Å². The predicted molar refractivity (Wildman–Crippen MR) is 63.4 cm³/mol. The van der Waals surface area contributed by atoms with Crippen LogP contribution in [0, 0.1) is 13.8 Å². The Morgan fingerprint density at radius 3 is 2.47 bits per heavy atom. The number of ketones is 1. The van der Waals surface area contributed by atoms with E-state index in [0.29, 0.717) is 0 Å². The van der Waals surface area contributed by atoms with Gasteiger partial charge in [-0.2, -0.15) is 0 Å². The first-order valence-corrected chi connectivity index (χ1v) is 5.11. The van der Waals surface area contributed by atoms with Gasteiger partial charge in [0.15, 0.2) is 5.78 Å². The van der Waals surface area contributed by atoms with Gasteiger partial charge < -0.3 is 0 Å². The van der Waals surface area contributed by atoms with Gasteiger partial charge in [0.05, 0.1) is 0 Å². The third-order valence-corrected chi connectivity index (χ3v) is 2.89. The third-order valence-electron chi connectivity index (χ3n) is 2.89. The van der Waals surface area contributed by atoms with Crippen LogP contribution >= 0.6 is 0 Å². The minimum Gasteiger partial charge on any atom is -0.295 e. The molecule has 15 heavy (non-hydrogen) atoms. The van der Waals surface area contributed by atoms with E-state index in [2.05, 4.69) is 19.1 Å². The summed E-state index contributed by atoms with van der Waals surface area (Å²) in [5.74, 6) is 0.137. The summed E-state index contributed by atoms with van der Waals surface area (Å²) in [7, 11) is 0. The van der Waals surface area contributed by atoms with Crippen LogP contribution in [-0.4, -0.2) is 5.78 Å². The Hall–Kier alpha value is -1.63. The highest BCUT2D eigenvalue weighted by atomic mass is 16.1. The topological polar surface area (TPSA) is 17.1 Å². The lowest BCUT2D eigenvalue weighted by atomic mass is 9.95. The van der Waals surface area contributed by atoms with Gasteiger partial charge in [-0.1, -0.05) is 30.3 Å². The van der Waals surface area contributed by atoms with Crippen LogP contribution in [0.1, 0.15) is 28.4 Å². The van der Waals surface area contributed by atoms with Gasteiger partial charge in [-0.25, -0.2) is 0 Å². The van der Waals surface area contributed by atoms with Crippen LogP contribution < -0.4 is 0 Å². The third kappa shape index (κ3) is 1.54. The Labute approximate surface area is 89.7 Å². The van der Waals surface area contributed by atoms with Crippen LogP contribution in [0.2, 0.25) is 0 Å². The summed E-state index contributed by atoms with van der Waals surface area (Å²) < 4.78 is 0. The van der Waals surface area contributed by atoms with Crippen LogP contribution in [0.3, 0.4) is 0 Å². The van der Waals surface area contributed by atoms with Crippen LogP contribution in [-0.2, 0) is 0 Å². The van der Waals surface area contributed by atoms with Crippen molar-refractivity contribution in [2.75, 3.05) is 0 Å². The molecule has 0 aliphatic rings. The molecule has 0 aliphatic carbocycles. The molecule has 2 aromatic carbocycles. The van der Waals surface area contributed by atoms with Gasteiger partial charge in [-0.05, 0) is 42.7 Å². The van der Waals surface area contributed by atoms with Crippen molar-refractivity contribution in [1.82, 2.24) is 0 Å². The molecule has 0 aliphatic heterocycles. The van der Waals surface area contributed by atoms with Gasteiger partial charge in [0.1, 0.15) is 0 Å². The molecular formula is C14H14O. The Morgan fingerprint density at radius 1 is 1.07 bits per heavy atom. The highest BCUT2D eigenvalue weighted by molar-refractivity contribution is 6.02. The molecule has 2 aromatic rings. The monoisotopic (exact) mass is 198 g/mol. The maximum Gasteiger partial charge on any atom is 0.160 e. The standard InChI is InChI=1S/C14H14O/c1-9-5-4-6-12-7-8-13(11(3)15)10(2)14(9)12/h4-8H,1-3H3. The van der Waals surface area contributed by atoms with Crippen LogP contribution in [0.5, 0.6) is 0 Å². The number of carbonyl (C=O) groups excluding carboxylic acids is 1. The summed E-state index contributed by atoms with van der Waals surface area (Å²) in [6.45, 7) is 5.72. The van der Waals surface area contributed by atoms with E-state index in [1.54, 1.807) is 6.92 Å². The number of benzene rings is 2. The maximum atomic E-state index is 11.4. The van der Waals surface area contributed by atoms with Crippen molar-refractivity contribution in [3.05, 3.63) is 47.0 Å². The van der Waals surface area contributed by atoms with Crippen molar-refractivity contribution < 1.29 is 4.79 Å². The normalized spacial score (nSPS) is 10.6. The molecule has 0 heterocycles. The second-order valence-electron chi connectivity index (χ2n) is 3.97. The number of aryl methyl sites for hydroxylation is 2. The number of hydrogen-bond donors (Lipinski definition) is 0. The molecule has 0 saturated carbocycles. The van der Waals surface area contributed by atoms with Crippen LogP contribution in [0.4, 0.5) is 0 Å². The zero-order valence-electron chi connectivity index (χ0n) is 9.29. The summed E-state index contributed by atoms with van der Waals surface area (Å²) in [6, 6.07) is 10.1. The SMILES string of the molecule is CC(=O)c1ccc2cccc(C)c2c1C. The largest absolute Gasteiger partial charge is 0.295 e. The lowest BCUT2D eigenvalue weighted by molar-refractivity contribution is 0.101. The molecule has 0 atom stereocenters. The van der Waals surface area contributed by atoms with E-state index < -0.39 is 0 Å². The van der Waals surface area contributed by atoms with Gasteiger partial charge >= 0.3 is 0 Å². The smallest absolute Gasteiger partial charge is 0.160 e. The van der Waals surface area contributed by atoms with Crippen molar-refractivity contribution in [1.29, 1.82) is 0 Å². The van der Waals surface area contributed by atoms with Gasteiger partial charge in [-0.3, -0.25) is 4.79 Å². The molecule has 76 valence electrons. The quantitative estimate of drug-likeness (QED) is 0.639. The molecule has 0 spiro atoms. The predicted octanol–water partition coefficient (Wildman–Crippen LogP) is 3.66. The number of fused-ring (bicyclic) bond motifs is 1. The average Bonchev–Trinajstić information content (AvgIpc) is 2.17. The molecule has 2 rings (SSSR count). The van der Waals surface area contributed by atoms with E-state index in [1.807, 2.05) is 25.1 Å². The van der Waals surface area contributed by atoms with E-state index >= 15 is 0 Å². The van der Waals surface area contributed by atoms with E-state index in [9.17, 15) is 4.79 Å². The lowest BCUT2D eigenvalue weighted by Crippen LogP contribution is -1.97. The first-order chi connectivity index (χ1) is 7.11. The molecule has 1 nitrogen and oxygen atoms in total. The molecule has 0 radical (unpaired) electrons. The van der Waals surface area contributed by atoms with Gasteiger partial charge in [0, 0.05) is 5.56 Å². The second-order valence-corrected chi connectivity index (χ2v) is 3.97. The van der Waals surface area contributed by atoms with E-state index in [0.717, 1.165) is 11.1 Å². The highest BCUT2D eigenvalue weighted by Crippen LogP contribution is 2.25. The number of carbonyl (C=O) groups is 1. The highest BCUT2D eigenvalue weighted by Gasteiger charge is 2.08. The van der Waals surface area contributed by atoms with Crippen molar-refractivity contribution in [3.63, 3.8) is 0 Å². The Bertz CT molecular complexity index is 538.